The van der Waals surface area contributed by atoms with Crippen molar-refractivity contribution >= 4 is 26.0 Å². The standard InChI is InChI=1S/C8H16BrNO2S/c1-7(4-9)5-10-13(11,12)6-8-2-3-8/h7-8,10H,2-6H2,1H3. The van der Waals surface area contributed by atoms with Gasteiger partial charge in [0.1, 0.15) is 0 Å². The summed E-state index contributed by atoms with van der Waals surface area (Å²) in [5, 5.41) is 0.832. The van der Waals surface area contributed by atoms with Gasteiger partial charge in [-0.3, -0.25) is 0 Å². The molecule has 0 bridgehead atoms. The van der Waals surface area contributed by atoms with E-state index in [0.717, 1.165) is 18.2 Å². The topological polar surface area (TPSA) is 46.2 Å². The van der Waals surface area contributed by atoms with Crippen molar-refractivity contribution in [3.8, 4) is 0 Å². The molecule has 78 valence electrons. The lowest BCUT2D eigenvalue weighted by Crippen LogP contribution is -2.31. The highest BCUT2D eigenvalue weighted by Gasteiger charge is 2.27. The minimum atomic E-state index is -2.99. The van der Waals surface area contributed by atoms with Crippen LogP contribution in [-0.4, -0.2) is 26.0 Å². The van der Waals surface area contributed by atoms with Crippen LogP contribution < -0.4 is 4.72 Å². The molecule has 5 heteroatoms. The Morgan fingerprint density at radius 1 is 1.54 bits per heavy atom. The fourth-order valence-corrected chi connectivity index (χ4v) is 2.82. The van der Waals surface area contributed by atoms with Crippen molar-refractivity contribution in [3.63, 3.8) is 0 Å². The minimum absolute atomic E-state index is 0.321. The van der Waals surface area contributed by atoms with Gasteiger partial charge in [-0.05, 0) is 24.7 Å². The molecule has 1 unspecified atom stereocenters. The maximum absolute atomic E-state index is 11.4. The number of hydrogen-bond donors (Lipinski definition) is 1. The zero-order chi connectivity index (χ0) is 9.90. The number of sulfonamides is 1. The van der Waals surface area contributed by atoms with Crippen molar-refractivity contribution in [2.24, 2.45) is 11.8 Å². The van der Waals surface area contributed by atoms with Gasteiger partial charge in [0.15, 0.2) is 0 Å². The Kier molecular flexibility index (Phi) is 4.19. The first kappa shape index (κ1) is 11.5. The molecule has 1 atom stereocenters. The molecule has 0 radical (unpaired) electrons. The van der Waals surface area contributed by atoms with Crippen LogP contribution in [0, 0.1) is 11.8 Å². The highest BCUT2D eigenvalue weighted by Crippen LogP contribution is 2.29. The summed E-state index contributed by atoms with van der Waals surface area (Å²) in [4.78, 5) is 0. The Balaban J connectivity index is 2.24. The van der Waals surface area contributed by atoms with Crippen LogP contribution in [-0.2, 0) is 10.0 Å². The molecule has 3 nitrogen and oxygen atoms in total. The number of hydrogen-bond acceptors (Lipinski definition) is 2. The maximum Gasteiger partial charge on any atom is 0.211 e. The molecule has 0 aromatic heterocycles. The van der Waals surface area contributed by atoms with E-state index in [1.807, 2.05) is 6.92 Å². The molecule has 0 amide bonds. The predicted molar refractivity (Wildman–Crippen MR) is 57.5 cm³/mol. The van der Waals surface area contributed by atoms with Crippen LogP contribution in [0.5, 0.6) is 0 Å². The summed E-state index contributed by atoms with van der Waals surface area (Å²) < 4.78 is 25.4. The van der Waals surface area contributed by atoms with Gasteiger partial charge in [-0.2, -0.15) is 0 Å². The Morgan fingerprint density at radius 2 is 2.15 bits per heavy atom. The third-order valence-electron chi connectivity index (χ3n) is 2.07. The van der Waals surface area contributed by atoms with E-state index in [4.69, 9.17) is 0 Å². The molecule has 0 heterocycles. The molecule has 0 spiro atoms. The first-order valence-electron chi connectivity index (χ1n) is 4.57. The van der Waals surface area contributed by atoms with Crippen LogP contribution in [0.2, 0.25) is 0 Å². The summed E-state index contributed by atoms with van der Waals surface area (Å²) in [5.41, 5.74) is 0. The lowest BCUT2D eigenvalue weighted by Gasteiger charge is -2.09. The van der Waals surface area contributed by atoms with Gasteiger partial charge in [0.05, 0.1) is 5.75 Å². The van der Waals surface area contributed by atoms with Crippen molar-refractivity contribution in [2.45, 2.75) is 19.8 Å². The Hall–Kier alpha value is 0.390. The van der Waals surface area contributed by atoms with Crippen molar-refractivity contribution in [3.05, 3.63) is 0 Å². The third-order valence-corrected chi connectivity index (χ3v) is 4.69. The summed E-state index contributed by atoms with van der Waals surface area (Å²) >= 11 is 3.31. The van der Waals surface area contributed by atoms with Gasteiger partial charge in [-0.25, -0.2) is 13.1 Å². The zero-order valence-electron chi connectivity index (χ0n) is 7.79. The van der Waals surface area contributed by atoms with Gasteiger partial charge in [0.25, 0.3) is 0 Å². The summed E-state index contributed by atoms with van der Waals surface area (Å²) in [5.74, 6) is 1.10. The summed E-state index contributed by atoms with van der Waals surface area (Å²) in [6.07, 6.45) is 2.16. The molecule has 0 aromatic carbocycles. The molecular weight excluding hydrogens is 254 g/mol. The fourth-order valence-electron chi connectivity index (χ4n) is 0.978. The smallest absolute Gasteiger partial charge is 0.211 e. The van der Waals surface area contributed by atoms with Gasteiger partial charge >= 0.3 is 0 Å². The van der Waals surface area contributed by atoms with Crippen LogP contribution in [0.4, 0.5) is 0 Å². The fraction of sp³-hybridized carbons (Fsp3) is 1.00. The van der Waals surface area contributed by atoms with E-state index < -0.39 is 10.0 Å². The second-order valence-electron chi connectivity index (χ2n) is 3.83. The molecule has 1 N–H and O–H groups in total. The van der Waals surface area contributed by atoms with Crippen molar-refractivity contribution < 1.29 is 8.42 Å². The minimum Gasteiger partial charge on any atom is -0.215 e. The van der Waals surface area contributed by atoms with E-state index in [1.165, 1.54) is 0 Å². The molecule has 0 saturated heterocycles. The summed E-state index contributed by atoms with van der Waals surface area (Å²) in [6.45, 7) is 2.55. The van der Waals surface area contributed by atoms with Crippen LogP contribution in [0.1, 0.15) is 19.8 Å². The van der Waals surface area contributed by atoms with E-state index >= 15 is 0 Å². The third kappa shape index (κ3) is 4.98. The highest BCUT2D eigenvalue weighted by atomic mass is 79.9. The monoisotopic (exact) mass is 269 g/mol. The van der Waals surface area contributed by atoms with E-state index in [0.29, 0.717) is 24.1 Å². The van der Waals surface area contributed by atoms with Gasteiger partial charge in [0.2, 0.25) is 10.0 Å². The highest BCUT2D eigenvalue weighted by molar-refractivity contribution is 9.09. The van der Waals surface area contributed by atoms with E-state index in [2.05, 4.69) is 20.7 Å². The second kappa shape index (κ2) is 4.75. The van der Waals surface area contributed by atoms with Gasteiger partial charge in [-0.1, -0.05) is 22.9 Å². The molecule has 13 heavy (non-hydrogen) atoms. The van der Waals surface area contributed by atoms with E-state index in [1.54, 1.807) is 0 Å². The number of alkyl halides is 1. The molecule has 1 aliphatic rings. The van der Waals surface area contributed by atoms with Crippen LogP contribution >= 0.6 is 15.9 Å². The first-order valence-corrected chi connectivity index (χ1v) is 7.34. The van der Waals surface area contributed by atoms with Crippen molar-refractivity contribution in [1.82, 2.24) is 4.72 Å². The van der Waals surface area contributed by atoms with Gasteiger partial charge in [-0.15, -0.1) is 0 Å². The van der Waals surface area contributed by atoms with Crippen LogP contribution in [0.25, 0.3) is 0 Å². The van der Waals surface area contributed by atoms with Crippen LogP contribution in [0.3, 0.4) is 0 Å². The maximum atomic E-state index is 11.4. The zero-order valence-corrected chi connectivity index (χ0v) is 10.2. The molecule has 1 aliphatic carbocycles. The average molecular weight is 270 g/mol. The quantitative estimate of drug-likeness (QED) is 0.740. The largest absolute Gasteiger partial charge is 0.215 e. The Morgan fingerprint density at radius 3 is 2.62 bits per heavy atom. The van der Waals surface area contributed by atoms with Crippen LogP contribution in [0.15, 0.2) is 0 Å². The van der Waals surface area contributed by atoms with Crippen molar-refractivity contribution in [2.75, 3.05) is 17.6 Å². The normalized spacial score (nSPS) is 20.2. The number of rotatable bonds is 6. The lowest BCUT2D eigenvalue weighted by molar-refractivity contribution is 0.560. The first-order chi connectivity index (χ1) is 6.03. The molecular formula is C8H16BrNO2S. The Labute approximate surface area is 88.5 Å². The SMILES string of the molecule is CC(CBr)CNS(=O)(=O)CC1CC1. The Bertz CT molecular complexity index is 249. The average Bonchev–Trinajstić information content (AvgIpc) is 2.83. The molecule has 1 fully saturated rings. The van der Waals surface area contributed by atoms with Gasteiger partial charge in [0, 0.05) is 11.9 Å². The molecule has 1 saturated carbocycles. The number of nitrogens with one attached hydrogen (secondary N) is 1. The summed E-state index contributed by atoms with van der Waals surface area (Å²) in [6, 6.07) is 0. The predicted octanol–water partition coefficient (Wildman–Crippen LogP) is 1.35. The van der Waals surface area contributed by atoms with E-state index in [9.17, 15) is 8.42 Å². The molecule has 0 aliphatic heterocycles. The van der Waals surface area contributed by atoms with Gasteiger partial charge < -0.3 is 0 Å². The lowest BCUT2D eigenvalue weighted by atomic mass is 10.2. The molecule has 1 rings (SSSR count). The van der Waals surface area contributed by atoms with Crippen molar-refractivity contribution in [1.29, 1.82) is 0 Å². The number of halogens is 1. The summed E-state index contributed by atoms with van der Waals surface area (Å²) in [7, 11) is -2.99. The van der Waals surface area contributed by atoms with E-state index in [-0.39, 0.29) is 0 Å². The molecule has 0 aromatic rings. The second-order valence-corrected chi connectivity index (χ2v) is 6.33.